The summed E-state index contributed by atoms with van der Waals surface area (Å²) in [5.74, 6) is 3.24. The highest BCUT2D eigenvalue weighted by atomic mass is 28.3. The normalized spacial score (nSPS) is 21.4. The molecule has 68 heavy (non-hydrogen) atoms. The molecular formula is C66H57NSi. The summed E-state index contributed by atoms with van der Waals surface area (Å²) >= 11 is 0. The molecule has 2 heteroatoms. The number of rotatable bonds is 5. The van der Waals surface area contributed by atoms with Gasteiger partial charge in [0.25, 0.3) is 0 Å². The highest BCUT2D eigenvalue weighted by Crippen LogP contribution is 2.70. The van der Waals surface area contributed by atoms with E-state index in [1.807, 2.05) is 12.4 Å². The van der Waals surface area contributed by atoms with Crippen molar-refractivity contribution in [1.29, 1.82) is 0 Å². The van der Waals surface area contributed by atoms with Gasteiger partial charge in [0.05, 0.1) is 8.07 Å². The van der Waals surface area contributed by atoms with Gasteiger partial charge < -0.3 is 0 Å². The lowest BCUT2D eigenvalue weighted by molar-refractivity contribution is -0.0399. The summed E-state index contributed by atoms with van der Waals surface area (Å²) in [7, 11) is -1.39. The molecule has 0 amide bonds. The van der Waals surface area contributed by atoms with Crippen LogP contribution in [-0.2, 0) is 5.41 Å². The molecule has 1 aromatic heterocycles. The summed E-state index contributed by atoms with van der Waals surface area (Å²) in [5, 5.41) is 11.6. The van der Waals surface area contributed by atoms with Gasteiger partial charge in [-0.25, -0.2) is 0 Å². The predicted molar refractivity (Wildman–Crippen MR) is 292 cm³/mol. The van der Waals surface area contributed by atoms with Crippen molar-refractivity contribution in [3.8, 4) is 55.6 Å². The maximum atomic E-state index is 4.60. The number of aromatic nitrogens is 1. The molecule has 5 aliphatic rings. The molecule has 15 rings (SSSR count). The average molecular weight is 892 g/mol. The fourth-order valence-corrected chi connectivity index (χ4v) is 16.2. The lowest BCUT2D eigenvalue weighted by Gasteiger charge is -2.61. The molecule has 330 valence electrons. The second-order valence-corrected chi connectivity index (χ2v) is 27.5. The first-order valence-electron chi connectivity index (χ1n) is 25.3. The molecule has 0 atom stereocenters. The van der Waals surface area contributed by atoms with Crippen molar-refractivity contribution < 1.29 is 0 Å². The predicted octanol–water partition coefficient (Wildman–Crippen LogP) is 17.2. The van der Waals surface area contributed by atoms with Crippen LogP contribution in [0, 0.1) is 37.5 Å². The molecule has 10 aromatic rings. The molecule has 4 fully saturated rings. The number of aryl methyl sites for hydroxylation is 2. The molecule has 5 aliphatic carbocycles. The molecule has 4 saturated carbocycles. The molecule has 0 radical (unpaired) electrons. The van der Waals surface area contributed by atoms with Gasteiger partial charge in [-0.05, 0) is 198 Å². The summed E-state index contributed by atoms with van der Waals surface area (Å²) in [6.45, 7) is 12.0. The summed E-state index contributed by atoms with van der Waals surface area (Å²) in [5.41, 5.74) is 19.4. The number of fused-ring (bicyclic) bond motifs is 7. The number of nitrogens with zero attached hydrogens (tertiary/aromatic N) is 1. The molecule has 0 N–H and O–H groups in total. The van der Waals surface area contributed by atoms with Crippen molar-refractivity contribution in [2.45, 2.75) is 71.0 Å². The summed E-state index contributed by atoms with van der Waals surface area (Å²) < 4.78 is 0. The summed E-state index contributed by atoms with van der Waals surface area (Å²) in [6, 6.07) is 61.7. The molecule has 0 saturated heterocycles. The molecule has 4 bridgehead atoms. The van der Waals surface area contributed by atoms with Gasteiger partial charge >= 0.3 is 0 Å². The second-order valence-electron chi connectivity index (χ2n) is 22.4. The van der Waals surface area contributed by atoms with E-state index in [0.717, 1.165) is 11.8 Å². The molecule has 1 nitrogen and oxygen atoms in total. The van der Waals surface area contributed by atoms with Gasteiger partial charge in [0.1, 0.15) is 0 Å². The third-order valence-corrected chi connectivity index (χ3v) is 19.7. The van der Waals surface area contributed by atoms with Crippen LogP contribution in [-0.4, -0.2) is 13.1 Å². The molecule has 1 heterocycles. The van der Waals surface area contributed by atoms with E-state index in [-0.39, 0.29) is 5.41 Å². The Labute approximate surface area is 401 Å². The number of pyridine rings is 1. The third-order valence-electron chi connectivity index (χ3n) is 17.7. The minimum atomic E-state index is -1.39. The Hall–Kier alpha value is -6.61. The van der Waals surface area contributed by atoms with Crippen LogP contribution in [0.2, 0.25) is 19.6 Å². The largest absolute Gasteiger partial charge is 0.264 e. The summed E-state index contributed by atoms with van der Waals surface area (Å²) in [6.07, 6.45) is 10.9. The third kappa shape index (κ3) is 5.77. The van der Waals surface area contributed by atoms with Gasteiger partial charge in [-0.1, -0.05) is 170 Å². The molecule has 0 unspecified atom stereocenters. The smallest absolute Gasteiger partial charge is 0.0775 e. The van der Waals surface area contributed by atoms with Gasteiger partial charge in [-0.3, -0.25) is 4.98 Å². The maximum absolute atomic E-state index is 4.60. The van der Waals surface area contributed by atoms with Gasteiger partial charge in [-0.2, -0.15) is 0 Å². The molecule has 1 spiro atoms. The van der Waals surface area contributed by atoms with E-state index < -0.39 is 8.07 Å². The van der Waals surface area contributed by atoms with Crippen molar-refractivity contribution in [2.75, 3.05) is 0 Å². The topological polar surface area (TPSA) is 12.9 Å². The van der Waals surface area contributed by atoms with Crippen LogP contribution in [0.25, 0.3) is 98.7 Å². The van der Waals surface area contributed by atoms with Gasteiger partial charge in [-0.15, -0.1) is 0 Å². The van der Waals surface area contributed by atoms with Crippen LogP contribution in [0.5, 0.6) is 0 Å². The lowest BCUT2D eigenvalue weighted by atomic mass is 9.43. The fourth-order valence-electron chi connectivity index (χ4n) is 15.0. The van der Waals surface area contributed by atoms with E-state index in [9.17, 15) is 0 Å². The van der Waals surface area contributed by atoms with E-state index >= 15 is 0 Å². The minimum absolute atomic E-state index is 0.0970. The number of hydrogen-bond acceptors (Lipinski definition) is 1. The van der Waals surface area contributed by atoms with Crippen molar-refractivity contribution in [2.24, 2.45) is 23.7 Å². The zero-order valence-electron chi connectivity index (χ0n) is 40.0. The van der Waals surface area contributed by atoms with Crippen LogP contribution in [0.15, 0.2) is 170 Å². The van der Waals surface area contributed by atoms with E-state index in [1.54, 1.807) is 11.1 Å². The molecule has 0 aliphatic heterocycles. The van der Waals surface area contributed by atoms with Crippen LogP contribution < -0.4 is 5.19 Å². The van der Waals surface area contributed by atoms with Crippen molar-refractivity contribution in [3.05, 3.63) is 192 Å². The molecular weight excluding hydrogens is 835 g/mol. The Morgan fingerprint density at radius 1 is 0.441 bits per heavy atom. The second kappa shape index (κ2) is 14.7. The van der Waals surface area contributed by atoms with Crippen LogP contribution in [0.3, 0.4) is 0 Å². The first-order valence-corrected chi connectivity index (χ1v) is 28.8. The van der Waals surface area contributed by atoms with Crippen LogP contribution in [0.4, 0.5) is 0 Å². The minimum Gasteiger partial charge on any atom is -0.264 e. The zero-order chi connectivity index (χ0) is 45.6. The Bertz CT molecular complexity index is 3660. The van der Waals surface area contributed by atoms with Crippen LogP contribution in [0.1, 0.15) is 54.4 Å². The Kier molecular flexibility index (Phi) is 8.74. The van der Waals surface area contributed by atoms with E-state index in [0.29, 0.717) is 11.8 Å². The van der Waals surface area contributed by atoms with Crippen LogP contribution >= 0.6 is 0 Å². The maximum Gasteiger partial charge on any atom is 0.0775 e. The summed E-state index contributed by atoms with van der Waals surface area (Å²) in [4.78, 5) is 4.60. The Morgan fingerprint density at radius 3 is 1.75 bits per heavy atom. The monoisotopic (exact) mass is 891 g/mol. The van der Waals surface area contributed by atoms with E-state index in [2.05, 4.69) is 196 Å². The first-order chi connectivity index (χ1) is 33.1. The SMILES string of the molecule is Cc1ccc2c(-c3ccc4c(c3)-c3ccc(-c5ccc([Si](C)(C)C)cc5)cc3C43C4CC5CC(C4)CC3C5)c(C)cc(-c3c4ccccc4c(-c4cccc5ccncc45)c4ccccc34)c2c1. The van der Waals surface area contributed by atoms with E-state index in [4.69, 9.17) is 0 Å². The molecule has 9 aromatic carbocycles. The number of hydrogen-bond donors (Lipinski definition) is 0. The van der Waals surface area contributed by atoms with Crippen molar-refractivity contribution in [1.82, 2.24) is 4.98 Å². The quantitative estimate of drug-likeness (QED) is 0.124. The first kappa shape index (κ1) is 40.5. The van der Waals surface area contributed by atoms with Gasteiger partial charge in [0.2, 0.25) is 0 Å². The van der Waals surface area contributed by atoms with Crippen molar-refractivity contribution in [3.63, 3.8) is 0 Å². The fraction of sp³-hybridized carbons (Fsp3) is 0.227. The highest BCUT2D eigenvalue weighted by Gasteiger charge is 2.61. The van der Waals surface area contributed by atoms with Crippen molar-refractivity contribution >= 4 is 56.4 Å². The lowest BCUT2D eigenvalue weighted by Crippen LogP contribution is -2.55. The van der Waals surface area contributed by atoms with E-state index in [1.165, 1.54) is 147 Å². The standard InChI is InChI=1S/C66H57NSi/c1-39-17-24-56-57(29-39)59(65-53-14-8-6-12-51(53)64(52-13-7-9-15-54(52)65)55-16-10-11-44-27-28-67-38-60(44)55)30-40(2)63(56)46-21-26-61-58(36-46)50-25-20-45(43-18-22-49(23-19-43)68(3,4)5)37-62(50)66(61)47-32-41-31-42(34-47)35-48(66)33-41/h6-30,36-38,41-42,47-48H,31-35H2,1-5H3. The zero-order valence-corrected chi connectivity index (χ0v) is 41.0. The highest BCUT2D eigenvalue weighted by molar-refractivity contribution is 6.88. The Morgan fingerprint density at radius 2 is 1.07 bits per heavy atom. The Balaban J connectivity index is 0.971. The average Bonchev–Trinajstić information content (AvgIpc) is 3.63. The van der Waals surface area contributed by atoms with Gasteiger partial charge in [0, 0.05) is 23.2 Å². The van der Waals surface area contributed by atoms with Gasteiger partial charge in [0.15, 0.2) is 0 Å². The number of benzene rings is 9.